The number of hydrogen-bond donors (Lipinski definition) is 0. The van der Waals surface area contributed by atoms with Crippen molar-refractivity contribution in [3.05, 3.63) is 75.7 Å². The van der Waals surface area contributed by atoms with Gasteiger partial charge in [0.1, 0.15) is 5.39 Å². The lowest BCUT2D eigenvalue weighted by Crippen LogP contribution is -2.34. The van der Waals surface area contributed by atoms with E-state index in [9.17, 15) is 9.59 Å². The van der Waals surface area contributed by atoms with E-state index in [1.54, 1.807) is 26.3 Å². The van der Waals surface area contributed by atoms with Crippen LogP contribution in [0.25, 0.3) is 16.7 Å². The molecule has 1 aliphatic rings. The first kappa shape index (κ1) is 21.7. The van der Waals surface area contributed by atoms with Crippen LogP contribution in [0.5, 0.6) is 0 Å². The maximum Gasteiger partial charge on any atom is 0.265 e. The number of carbonyl (C=O) groups is 1. The fourth-order valence-electron chi connectivity index (χ4n) is 4.19. The Bertz CT molecular complexity index is 1430. The number of hydrogen-bond acceptors (Lipinski definition) is 5. The van der Waals surface area contributed by atoms with Crippen molar-refractivity contribution in [2.75, 3.05) is 17.2 Å². The van der Waals surface area contributed by atoms with Gasteiger partial charge in [0.15, 0.2) is 10.8 Å². The van der Waals surface area contributed by atoms with Gasteiger partial charge in [0.05, 0.1) is 17.9 Å². The zero-order valence-electron chi connectivity index (χ0n) is 18.2. The number of benzene rings is 2. The molecule has 0 bridgehead atoms. The van der Waals surface area contributed by atoms with Crippen LogP contribution in [0.4, 0.5) is 5.69 Å². The van der Waals surface area contributed by atoms with Gasteiger partial charge in [-0.05, 0) is 49.7 Å². The van der Waals surface area contributed by atoms with Gasteiger partial charge >= 0.3 is 0 Å². The third kappa shape index (κ3) is 3.94. The molecular formula is C24H22ClN5O2S. The van der Waals surface area contributed by atoms with E-state index in [0.717, 1.165) is 16.9 Å². The average Bonchev–Trinajstić information content (AvgIpc) is 3.39. The first-order valence-electron chi connectivity index (χ1n) is 10.7. The molecule has 1 atom stereocenters. The minimum absolute atomic E-state index is 0.0110. The Morgan fingerprint density at radius 2 is 2.06 bits per heavy atom. The standard InChI is InChI=1S/C24H22ClN5O2S/c1-3-28(17-8-4-6-15(2)10-17)21(31)12-19-14-33-24-27-22-20(23(32)29(19)24)13-26-30(22)18-9-5-7-16(25)11-18/h4-11,13,19H,3,12,14H2,1-2H3. The summed E-state index contributed by atoms with van der Waals surface area (Å²) >= 11 is 7.62. The molecular weight excluding hydrogens is 458 g/mol. The highest BCUT2D eigenvalue weighted by atomic mass is 35.5. The highest BCUT2D eigenvalue weighted by Crippen LogP contribution is 2.34. The minimum Gasteiger partial charge on any atom is -0.313 e. The number of fused-ring (bicyclic) bond motifs is 2. The predicted octanol–water partition coefficient (Wildman–Crippen LogP) is 4.63. The summed E-state index contributed by atoms with van der Waals surface area (Å²) < 4.78 is 3.28. The lowest BCUT2D eigenvalue weighted by Gasteiger charge is -2.23. The molecule has 2 aromatic heterocycles. The Kier molecular flexibility index (Phi) is 5.72. The third-order valence-corrected chi connectivity index (χ3v) is 7.10. The number of carbonyl (C=O) groups excluding carboxylic acids is 1. The summed E-state index contributed by atoms with van der Waals surface area (Å²) in [7, 11) is 0. The van der Waals surface area contributed by atoms with Crippen molar-refractivity contribution in [1.29, 1.82) is 0 Å². The van der Waals surface area contributed by atoms with Crippen LogP contribution >= 0.6 is 23.4 Å². The number of rotatable bonds is 5. The van der Waals surface area contributed by atoms with Gasteiger partial charge in [0.2, 0.25) is 5.91 Å². The Labute approximate surface area is 200 Å². The molecule has 4 aromatic rings. The quantitative estimate of drug-likeness (QED) is 0.390. The molecule has 1 unspecified atom stereocenters. The summed E-state index contributed by atoms with van der Waals surface area (Å²) in [5, 5.41) is 5.99. The van der Waals surface area contributed by atoms with Crippen molar-refractivity contribution >= 4 is 46.0 Å². The molecule has 9 heteroatoms. The Hall–Kier alpha value is -3.10. The Morgan fingerprint density at radius 1 is 1.24 bits per heavy atom. The average molecular weight is 480 g/mol. The SMILES string of the molecule is CCN(C(=O)CC1CSc2nc3c(cnn3-c3cccc(Cl)c3)c(=O)n21)c1cccc(C)c1. The summed E-state index contributed by atoms with van der Waals surface area (Å²) in [6, 6.07) is 14.9. The van der Waals surface area contributed by atoms with E-state index in [1.165, 1.54) is 18.0 Å². The van der Waals surface area contributed by atoms with Crippen LogP contribution in [0.3, 0.4) is 0 Å². The fourth-order valence-corrected chi connectivity index (χ4v) is 5.50. The molecule has 1 aliphatic heterocycles. The number of aromatic nitrogens is 4. The first-order chi connectivity index (χ1) is 16.0. The van der Waals surface area contributed by atoms with Crippen LogP contribution in [0, 0.1) is 6.92 Å². The van der Waals surface area contributed by atoms with Crippen LogP contribution in [-0.2, 0) is 4.79 Å². The predicted molar refractivity (Wildman–Crippen MR) is 132 cm³/mol. The molecule has 168 valence electrons. The van der Waals surface area contributed by atoms with Crippen molar-refractivity contribution in [3.63, 3.8) is 0 Å². The van der Waals surface area contributed by atoms with E-state index >= 15 is 0 Å². The van der Waals surface area contributed by atoms with Crippen molar-refractivity contribution < 1.29 is 4.79 Å². The summed E-state index contributed by atoms with van der Waals surface area (Å²) in [6.45, 7) is 4.53. The van der Waals surface area contributed by atoms with Gasteiger partial charge < -0.3 is 4.90 Å². The van der Waals surface area contributed by atoms with Crippen molar-refractivity contribution in [2.24, 2.45) is 0 Å². The summed E-state index contributed by atoms with van der Waals surface area (Å²) in [5.41, 5.74) is 3.02. The van der Waals surface area contributed by atoms with Crippen LogP contribution < -0.4 is 10.5 Å². The van der Waals surface area contributed by atoms with Gasteiger partial charge in [-0.3, -0.25) is 14.2 Å². The molecule has 0 radical (unpaired) electrons. The normalized spacial score (nSPS) is 15.1. The molecule has 0 N–H and O–H groups in total. The lowest BCUT2D eigenvalue weighted by molar-refractivity contribution is -0.119. The maximum absolute atomic E-state index is 13.4. The molecule has 2 aromatic carbocycles. The number of anilines is 1. The fraction of sp³-hybridized carbons (Fsp3) is 0.250. The Morgan fingerprint density at radius 3 is 2.82 bits per heavy atom. The van der Waals surface area contributed by atoms with Crippen LogP contribution in [0.1, 0.15) is 24.9 Å². The monoisotopic (exact) mass is 479 g/mol. The van der Waals surface area contributed by atoms with Gasteiger partial charge in [0, 0.05) is 29.4 Å². The van der Waals surface area contributed by atoms with E-state index in [2.05, 4.69) is 5.10 Å². The largest absolute Gasteiger partial charge is 0.313 e. The van der Waals surface area contributed by atoms with Gasteiger partial charge in [0.25, 0.3) is 5.56 Å². The van der Waals surface area contributed by atoms with Crippen LogP contribution in [-0.4, -0.2) is 37.5 Å². The van der Waals surface area contributed by atoms with E-state index < -0.39 is 0 Å². The topological polar surface area (TPSA) is 73.0 Å². The minimum atomic E-state index is -0.254. The molecule has 0 saturated carbocycles. The van der Waals surface area contributed by atoms with E-state index in [4.69, 9.17) is 16.6 Å². The molecule has 0 fully saturated rings. The second-order valence-electron chi connectivity index (χ2n) is 7.99. The first-order valence-corrected chi connectivity index (χ1v) is 12.1. The summed E-state index contributed by atoms with van der Waals surface area (Å²) in [5.74, 6) is 0.611. The van der Waals surface area contributed by atoms with Gasteiger partial charge in [-0.15, -0.1) is 0 Å². The molecule has 0 aliphatic carbocycles. The summed E-state index contributed by atoms with van der Waals surface area (Å²) in [6.07, 6.45) is 1.77. The van der Waals surface area contributed by atoms with E-state index in [0.29, 0.717) is 33.5 Å². The van der Waals surface area contributed by atoms with E-state index in [-0.39, 0.29) is 23.9 Å². The molecule has 1 amide bonds. The van der Waals surface area contributed by atoms with Gasteiger partial charge in [-0.25, -0.2) is 9.67 Å². The second kappa shape index (κ2) is 8.68. The second-order valence-corrected chi connectivity index (χ2v) is 9.41. The van der Waals surface area contributed by atoms with Gasteiger partial charge in [-0.2, -0.15) is 5.10 Å². The maximum atomic E-state index is 13.4. The van der Waals surface area contributed by atoms with Gasteiger partial charge in [-0.1, -0.05) is 41.6 Å². The van der Waals surface area contributed by atoms with Crippen molar-refractivity contribution in [2.45, 2.75) is 31.5 Å². The van der Waals surface area contributed by atoms with E-state index in [1.807, 2.05) is 50.2 Å². The Balaban J connectivity index is 1.48. The zero-order chi connectivity index (χ0) is 23.1. The third-order valence-electron chi connectivity index (χ3n) is 5.76. The number of halogens is 1. The highest BCUT2D eigenvalue weighted by molar-refractivity contribution is 7.99. The molecule has 7 nitrogen and oxygen atoms in total. The van der Waals surface area contributed by atoms with Crippen molar-refractivity contribution in [3.8, 4) is 5.69 Å². The molecule has 5 rings (SSSR count). The zero-order valence-corrected chi connectivity index (χ0v) is 19.8. The van der Waals surface area contributed by atoms with Crippen LogP contribution in [0.15, 0.2) is 64.7 Å². The lowest BCUT2D eigenvalue weighted by atomic mass is 10.1. The number of nitrogens with zero attached hydrogens (tertiary/aromatic N) is 5. The molecule has 3 heterocycles. The molecule has 0 saturated heterocycles. The molecule has 0 spiro atoms. The highest BCUT2D eigenvalue weighted by Gasteiger charge is 2.31. The van der Waals surface area contributed by atoms with Crippen LogP contribution in [0.2, 0.25) is 5.02 Å². The number of thioether (sulfide) groups is 1. The number of amides is 1. The number of aryl methyl sites for hydroxylation is 1. The summed E-state index contributed by atoms with van der Waals surface area (Å²) in [4.78, 5) is 33.1. The van der Waals surface area contributed by atoms with Crippen molar-refractivity contribution in [1.82, 2.24) is 19.3 Å². The molecule has 33 heavy (non-hydrogen) atoms. The smallest absolute Gasteiger partial charge is 0.265 e.